The lowest BCUT2D eigenvalue weighted by Gasteiger charge is -2.37. The molecule has 0 spiro atoms. The second-order valence-electron chi connectivity index (χ2n) is 6.22. The van der Waals surface area contributed by atoms with Crippen molar-refractivity contribution in [3.8, 4) is 0 Å². The molecule has 0 bridgehead atoms. The van der Waals surface area contributed by atoms with E-state index in [0.717, 1.165) is 18.9 Å². The van der Waals surface area contributed by atoms with E-state index in [4.69, 9.17) is 0 Å². The van der Waals surface area contributed by atoms with Gasteiger partial charge in [0.05, 0.1) is 5.60 Å². The van der Waals surface area contributed by atoms with Gasteiger partial charge in [0.25, 0.3) is 0 Å². The second kappa shape index (κ2) is 5.58. The number of benzene rings is 1. The van der Waals surface area contributed by atoms with Crippen molar-refractivity contribution in [2.24, 2.45) is 11.8 Å². The van der Waals surface area contributed by atoms with Crippen LogP contribution >= 0.6 is 0 Å². The number of hydrogen-bond donors (Lipinski definition) is 1. The summed E-state index contributed by atoms with van der Waals surface area (Å²) < 4.78 is 26.5. The lowest BCUT2D eigenvalue weighted by Crippen LogP contribution is -2.37. The van der Waals surface area contributed by atoms with Crippen LogP contribution in [0.25, 0.3) is 0 Å². The van der Waals surface area contributed by atoms with Gasteiger partial charge in [-0.1, -0.05) is 19.9 Å². The van der Waals surface area contributed by atoms with Crippen molar-refractivity contribution in [1.29, 1.82) is 0 Å². The van der Waals surface area contributed by atoms with Crippen LogP contribution in [0.15, 0.2) is 18.2 Å². The van der Waals surface area contributed by atoms with Gasteiger partial charge >= 0.3 is 0 Å². The van der Waals surface area contributed by atoms with Crippen LogP contribution in [-0.4, -0.2) is 10.7 Å². The summed E-state index contributed by atoms with van der Waals surface area (Å²) in [6.07, 6.45) is 3.65. The van der Waals surface area contributed by atoms with Crippen LogP contribution in [0.1, 0.15) is 45.1 Å². The van der Waals surface area contributed by atoms with E-state index in [2.05, 4.69) is 13.8 Å². The SMILES string of the molecule is CC(C)C1CCC(O)(Cc2ccc(F)cc2F)CC1. The molecule has 0 saturated heterocycles. The summed E-state index contributed by atoms with van der Waals surface area (Å²) in [6, 6.07) is 3.58. The lowest BCUT2D eigenvalue weighted by atomic mass is 9.72. The first-order chi connectivity index (χ1) is 8.89. The van der Waals surface area contributed by atoms with Gasteiger partial charge in [-0.15, -0.1) is 0 Å². The molecule has 1 aliphatic carbocycles. The first-order valence-electron chi connectivity index (χ1n) is 7.06. The molecule has 1 N–H and O–H groups in total. The molecule has 1 fully saturated rings. The highest BCUT2D eigenvalue weighted by Gasteiger charge is 2.34. The summed E-state index contributed by atoms with van der Waals surface area (Å²) in [5.41, 5.74) is -0.420. The molecule has 0 atom stereocenters. The molecule has 0 unspecified atom stereocenters. The maximum atomic E-state index is 13.6. The molecule has 0 radical (unpaired) electrons. The highest BCUT2D eigenvalue weighted by Crippen LogP contribution is 2.37. The highest BCUT2D eigenvalue weighted by atomic mass is 19.1. The van der Waals surface area contributed by atoms with Crippen LogP contribution in [0, 0.1) is 23.5 Å². The number of halogens is 2. The molecular weight excluding hydrogens is 246 g/mol. The smallest absolute Gasteiger partial charge is 0.129 e. The Kier molecular flexibility index (Phi) is 4.24. The molecule has 0 aromatic heterocycles. The van der Waals surface area contributed by atoms with Crippen molar-refractivity contribution in [2.75, 3.05) is 0 Å². The third-order valence-electron chi connectivity index (χ3n) is 4.44. The van der Waals surface area contributed by atoms with Gasteiger partial charge in [-0.25, -0.2) is 8.78 Å². The molecule has 106 valence electrons. The minimum atomic E-state index is -0.829. The third kappa shape index (κ3) is 3.53. The number of rotatable bonds is 3. The van der Waals surface area contributed by atoms with E-state index < -0.39 is 17.2 Å². The quantitative estimate of drug-likeness (QED) is 0.875. The average Bonchev–Trinajstić information content (AvgIpc) is 2.33. The van der Waals surface area contributed by atoms with Crippen molar-refractivity contribution in [2.45, 2.75) is 51.6 Å². The van der Waals surface area contributed by atoms with Gasteiger partial charge in [-0.2, -0.15) is 0 Å². The van der Waals surface area contributed by atoms with Crippen LogP contribution in [-0.2, 0) is 6.42 Å². The minimum Gasteiger partial charge on any atom is -0.390 e. The largest absolute Gasteiger partial charge is 0.390 e. The molecule has 2 rings (SSSR count). The zero-order chi connectivity index (χ0) is 14.0. The predicted octanol–water partition coefficient (Wildman–Crippen LogP) is 4.08. The summed E-state index contributed by atoms with van der Waals surface area (Å²) in [6.45, 7) is 4.41. The maximum absolute atomic E-state index is 13.6. The van der Waals surface area contributed by atoms with Crippen molar-refractivity contribution >= 4 is 0 Å². The molecule has 3 heteroatoms. The minimum absolute atomic E-state index is 0.282. The molecule has 1 aliphatic rings. The molecule has 1 saturated carbocycles. The topological polar surface area (TPSA) is 20.2 Å². The van der Waals surface area contributed by atoms with E-state index in [1.165, 1.54) is 12.1 Å². The van der Waals surface area contributed by atoms with E-state index >= 15 is 0 Å². The summed E-state index contributed by atoms with van der Waals surface area (Å²) in [5.74, 6) is 0.154. The Labute approximate surface area is 113 Å². The Hall–Kier alpha value is -0.960. The van der Waals surface area contributed by atoms with Crippen LogP contribution in [0.5, 0.6) is 0 Å². The van der Waals surface area contributed by atoms with Crippen LogP contribution < -0.4 is 0 Å². The molecule has 1 aromatic carbocycles. The zero-order valence-corrected chi connectivity index (χ0v) is 11.6. The Morgan fingerprint density at radius 2 is 1.89 bits per heavy atom. The number of aliphatic hydroxyl groups is 1. The highest BCUT2D eigenvalue weighted by molar-refractivity contribution is 5.20. The maximum Gasteiger partial charge on any atom is 0.129 e. The fourth-order valence-corrected chi connectivity index (χ4v) is 3.04. The van der Waals surface area contributed by atoms with Crippen molar-refractivity contribution < 1.29 is 13.9 Å². The summed E-state index contributed by atoms with van der Waals surface area (Å²) in [5, 5.41) is 10.6. The summed E-state index contributed by atoms with van der Waals surface area (Å²) in [4.78, 5) is 0. The Balaban J connectivity index is 2.03. The van der Waals surface area contributed by atoms with E-state index in [0.29, 0.717) is 30.2 Å². The molecule has 0 aliphatic heterocycles. The van der Waals surface area contributed by atoms with Crippen LogP contribution in [0.3, 0.4) is 0 Å². The third-order valence-corrected chi connectivity index (χ3v) is 4.44. The molecule has 0 amide bonds. The zero-order valence-electron chi connectivity index (χ0n) is 11.6. The fraction of sp³-hybridized carbons (Fsp3) is 0.625. The molecule has 19 heavy (non-hydrogen) atoms. The van der Waals surface area contributed by atoms with Gasteiger partial charge in [0.1, 0.15) is 11.6 Å². The fourth-order valence-electron chi connectivity index (χ4n) is 3.04. The first kappa shape index (κ1) is 14.4. The molecule has 0 heterocycles. The Bertz CT molecular complexity index is 434. The van der Waals surface area contributed by atoms with E-state index in [1.807, 2.05) is 0 Å². The number of hydrogen-bond acceptors (Lipinski definition) is 1. The first-order valence-corrected chi connectivity index (χ1v) is 7.06. The molecule has 1 nitrogen and oxygen atoms in total. The second-order valence-corrected chi connectivity index (χ2v) is 6.22. The van der Waals surface area contributed by atoms with Crippen LogP contribution in [0.4, 0.5) is 8.78 Å². The van der Waals surface area contributed by atoms with Crippen molar-refractivity contribution in [3.05, 3.63) is 35.4 Å². The van der Waals surface area contributed by atoms with Crippen LogP contribution in [0.2, 0.25) is 0 Å². The van der Waals surface area contributed by atoms with Crippen molar-refractivity contribution in [3.63, 3.8) is 0 Å². The van der Waals surface area contributed by atoms with Crippen molar-refractivity contribution in [1.82, 2.24) is 0 Å². The Morgan fingerprint density at radius 3 is 2.42 bits per heavy atom. The molecular formula is C16H22F2O. The average molecular weight is 268 g/mol. The van der Waals surface area contributed by atoms with Gasteiger partial charge in [0, 0.05) is 12.5 Å². The molecule has 1 aromatic rings. The Morgan fingerprint density at radius 1 is 1.26 bits per heavy atom. The van der Waals surface area contributed by atoms with Gasteiger partial charge < -0.3 is 5.11 Å². The van der Waals surface area contributed by atoms with Gasteiger partial charge in [-0.05, 0) is 49.1 Å². The van der Waals surface area contributed by atoms with Gasteiger partial charge in [-0.3, -0.25) is 0 Å². The predicted molar refractivity (Wildman–Crippen MR) is 71.8 cm³/mol. The monoisotopic (exact) mass is 268 g/mol. The van der Waals surface area contributed by atoms with E-state index in [-0.39, 0.29) is 6.42 Å². The van der Waals surface area contributed by atoms with Gasteiger partial charge in [0.15, 0.2) is 0 Å². The summed E-state index contributed by atoms with van der Waals surface area (Å²) >= 11 is 0. The standard InChI is InChI=1S/C16H22F2O/c1-11(2)12-5-7-16(19,8-6-12)10-13-3-4-14(17)9-15(13)18/h3-4,9,11-12,19H,5-8,10H2,1-2H3. The normalized spacial score (nSPS) is 27.8. The lowest BCUT2D eigenvalue weighted by molar-refractivity contribution is -0.0152. The summed E-state index contributed by atoms with van der Waals surface area (Å²) in [7, 11) is 0. The van der Waals surface area contributed by atoms with E-state index in [9.17, 15) is 13.9 Å². The van der Waals surface area contributed by atoms with Gasteiger partial charge in [0.2, 0.25) is 0 Å². The van der Waals surface area contributed by atoms with E-state index in [1.54, 1.807) is 0 Å².